The molecule has 0 bridgehead atoms. The van der Waals surface area contributed by atoms with Gasteiger partial charge in [-0.15, -0.1) is 21.5 Å². The highest BCUT2D eigenvalue weighted by Gasteiger charge is 2.34. The summed E-state index contributed by atoms with van der Waals surface area (Å²) in [6.45, 7) is 1.74. The van der Waals surface area contributed by atoms with Gasteiger partial charge >= 0.3 is 6.18 Å². The number of thiazole rings is 1. The van der Waals surface area contributed by atoms with Gasteiger partial charge in [0.25, 0.3) is 11.1 Å². The fourth-order valence-electron chi connectivity index (χ4n) is 1.48. The third kappa shape index (κ3) is 2.95. The van der Waals surface area contributed by atoms with Gasteiger partial charge in [-0.05, 0) is 13.0 Å². The van der Waals surface area contributed by atoms with E-state index < -0.39 is 11.9 Å². The van der Waals surface area contributed by atoms with E-state index in [2.05, 4.69) is 15.2 Å². The van der Waals surface area contributed by atoms with Gasteiger partial charge < -0.3 is 8.83 Å². The number of hydrogen-bond acceptors (Lipinski definition) is 7. The normalized spacial score (nSPS) is 12.0. The lowest BCUT2D eigenvalue weighted by Crippen LogP contribution is -2.04. The maximum Gasteiger partial charge on any atom is 0.434 e. The molecule has 0 fully saturated rings. The molecule has 0 aliphatic heterocycles. The molecule has 0 saturated carbocycles. The molecule has 5 nitrogen and oxygen atoms in total. The smallest absolute Gasteiger partial charge is 0.434 e. The van der Waals surface area contributed by atoms with Crippen molar-refractivity contribution < 1.29 is 22.0 Å². The summed E-state index contributed by atoms with van der Waals surface area (Å²) in [6, 6.07) is 1.67. The molecule has 10 heteroatoms. The summed E-state index contributed by atoms with van der Waals surface area (Å²) in [5.41, 5.74) is -0.287. The molecule has 0 unspecified atom stereocenters. The molecule has 0 N–H and O–H groups in total. The summed E-state index contributed by atoms with van der Waals surface area (Å²) in [4.78, 5) is 3.48. The third-order valence-corrected chi connectivity index (χ3v) is 4.22. The highest BCUT2D eigenvalue weighted by atomic mass is 32.2. The van der Waals surface area contributed by atoms with Crippen LogP contribution in [0.1, 0.15) is 11.5 Å². The minimum Gasteiger partial charge on any atom is -0.469 e. The van der Waals surface area contributed by atoms with Crippen LogP contribution in [0.5, 0.6) is 0 Å². The van der Waals surface area contributed by atoms with Gasteiger partial charge in [-0.1, -0.05) is 0 Å². The molecular weight excluding hydrogens is 327 g/mol. The van der Waals surface area contributed by atoms with Crippen LogP contribution in [0.3, 0.4) is 0 Å². The lowest BCUT2D eigenvalue weighted by molar-refractivity contribution is -0.141. The number of furan rings is 1. The Morgan fingerprint density at radius 3 is 2.71 bits per heavy atom. The second-order valence-corrected chi connectivity index (χ2v) is 5.92. The first-order chi connectivity index (χ1) is 9.93. The fraction of sp³-hybridized carbons (Fsp3) is 0.182. The summed E-state index contributed by atoms with van der Waals surface area (Å²) in [7, 11) is 0. The van der Waals surface area contributed by atoms with E-state index in [4.69, 9.17) is 8.83 Å². The Morgan fingerprint density at radius 1 is 1.29 bits per heavy atom. The van der Waals surface area contributed by atoms with Crippen LogP contribution in [0, 0.1) is 6.92 Å². The summed E-state index contributed by atoms with van der Waals surface area (Å²) in [6.07, 6.45) is -2.97. The lowest BCUT2D eigenvalue weighted by atomic mass is 10.3. The van der Waals surface area contributed by atoms with Gasteiger partial charge in [0.15, 0.2) is 10.0 Å². The SMILES string of the molecule is Cc1occc1-c1nnc(Sc2nc(C(F)(F)F)cs2)o1. The number of alkyl halides is 3. The quantitative estimate of drug-likeness (QED) is 0.713. The average molecular weight is 333 g/mol. The minimum atomic E-state index is -4.46. The minimum absolute atomic E-state index is 0.119. The van der Waals surface area contributed by atoms with E-state index in [1.807, 2.05) is 0 Å². The van der Waals surface area contributed by atoms with Crippen LogP contribution < -0.4 is 0 Å². The number of rotatable bonds is 3. The zero-order valence-corrected chi connectivity index (χ0v) is 12.0. The molecule has 0 radical (unpaired) electrons. The van der Waals surface area contributed by atoms with Crippen LogP contribution in [0.4, 0.5) is 13.2 Å². The molecule has 3 rings (SSSR count). The van der Waals surface area contributed by atoms with E-state index in [-0.39, 0.29) is 15.5 Å². The summed E-state index contributed by atoms with van der Waals surface area (Å²) >= 11 is 1.75. The van der Waals surface area contributed by atoms with Crippen molar-refractivity contribution in [3.8, 4) is 11.5 Å². The predicted molar refractivity (Wildman–Crippen MR) is 68.0 cm³/mol. The topological polar surface area (TPSA) is 65.0 Å². The van der Waals surface area contributed by atoms with Crippen molar-refractivity contribution in [2.24, 2.45) is 0 Å². The Balaban J connectivity index is 1.79. The Labute approximate surface area is 124 Å². The van der Waals surface area contributed by atoms with E-state index in [0.29, 0.717) is 11.3 Å². The zero-order chi connectivity index (χ0) is 15.0. The Kier molecular flexibility index (Phi) is 3.49. The number of halogens is 3. The molecule has 3 aromatic rings. The Morgan fingerprint density at radius 2 is 2.10 bits per heavy atom. The van der Waals surface area contributed by atoms with Gasteiger partial charge in [-0.3, -0.25) is 0 Å². The van der Waals surface area contributed by atoms with Crippen LogP contribution >= 0.6 is 23.1 Å². The predicted octanol–water partition coefficient (Wildman–Crippen LogP) is 4.26. The van der Waals surface area contributed by atoms with Gasteiger partial charge in [0.2, 0.25) is 0 Å². The fourth-order valence-corrected chi connectivity index (χ4v) is 3.07. The standard InChI is InChI=1S/C11H6F3N3O2S2/c1-5-6(2-3-18-5)8-16-17-9(19-8)21-10-15-7(4-20-10)11(12,13)14/h2-4H,1H3. The Hall–Kier alpha value is -1.81. The summed E-state index contributed by atoms with van der Waals surface area (Å²) in [5.74, 6) is 0.861. The third-order valence-electron chi connectivity index (χ3n) is 2.44. The van der Waals surface area contributed by atoms with Crippen molar-refractivity contribution in [3.05, 3.63) is 29.2 Å². The first-order valence-corrected chi connectivity index (χ1v) is 7.21. The van der Waals surface area contributed by atoms with Gasteiger partial charge in [0.05, 0.1) is 11.8 Å². The Bertz CT molecular complexity index is 763. The maximum absolute atomic E-state index is 12.4. The zero-order valence-electron chi connectivity index (χ0n) is 10.3. The van der Waals surface area contributed by atoms with Crippen molar-refractivity contribution in [2.75, 3.05) is 0 Å². The molecule has 0 aromatic carbocycles. The van der Waals surface area contributed by atoms with Gasteiger partial charge in [0.1, 0.15) is 5.76 Å². The first kappa shape index (κ1) is 14.1. The first-order valence-electron chi connectivity index (χ1n) is 5.52. The highest BCUT2D eigenvalue weighted by molar-refractivity contribution is 8.00. The molecule has 110 valence electrons. The number of nitrogens with zero attached hydrogens (tertiary/aromatic N) is 3. The number of aromatic nitrogens is 3. The molecule has 0 amide bonds. The summed E-state index contributed by atoms with van der Waals surface area (Å²) in [5, 5.41) is 8.66. The largest absolute Gasteiger partial charge is 0.469 e. The van der Waals surface area contributed by atoms with Crippen molar-refractivity contribution >= 4 is 23.1 Å². The molecule has 0 aliphatic rings. The van der Waals surface area contributed by atoms with Crippen LogP contribution in [0.2, 0.25) is 0 Å². The van der Waals surface area contributed by atoms with Gasteiger partial charge in [0, 0.05) is 17.1 Å². The molecular formula is C11H6F3N3O2S2. The lowest BCUT2D eigenvalue weighted by Gasteiger charge is -1.99. The van der Waals surface area contributed by atoms with E-state index in [1.165, 1.54) is 6.26 Å². The van der Waals surface area contributed by atoms with Crippen molar-refractivity contribution in [3.63, 3.8) is 0 Å². The van der Waals surface area contributed by atoms with E-state index in [0.717, 1.165) is 28.5 Å². The second-order valence-electron chi connectivity index (χ2n) is 3.86. The molecule has 0 spiro atoms. The molecule has 21 heavy (non-hydrogen) atoms. The molecule has 3 aromatic heterocycles. The van der Waals surface area contributed by atoms with E-state index >= 15 is 0 Å². The van der Waals surface area contributed by atoms with Gasteiger partial charge in [-0.2, -0.15) is 13.2 Å². The number of hydrogen-bond donors (Lipinski definition) is 0. The second kappa shape index (κ2) is 5.19. The van der Waals surface area contributed by atoms with Crippen LogP contribution in [0.25, 0.3) is 11.5 Å². The van der Waals surface area contributed by atoms with E-state index in [1.54, 1.807) is 13.0 Å². The van der Waals surface area contributed by atoms with Crippen molar-refractivity contribution in [2.45, 2.75) is 22.7 Å². The molecule has 0 aliphatic carbocycles. The average Bonchev–Trinajstić information content (AvgIpc) is 3.09. The van der Waals surface area contributed by atoms with E-state index in [9.17, 15) is 13.2 Å². The van der Waals surface area contributed by atoms with Crippen molar-refractivity contribution in [1.29, 1.82) is 0 Å². The summed E-state index contributed by atoms with van der Waals surface area (Å²) < 4.78 is 48.0. The monoisotopic (exact) mass is 333 g/mol. The van der Waals surface area contributed by atoms with Crippen LogP contribution in [-0.2, 0) is 6.18 Å². The van der Waals surface area contributed by atoms with Crippen LogP contribution in [-0.4, -0.2) is 15.2 Å². The molecule has 3 heterocycles. The van der Waals surface area contributed by atoms with Crippen LogP contribution in [0.15, 0.2) is 36.1 Å². The van der Waals surface area contributed by atoms with Crippen molar-refractivity contribution in [1.82, 2.24) is 15.2 Å². The maximum atomic E-state index is 12.4. The molecule has 0 atom stereocenters. The number of aryl methyl sites for hydroxylation is 1. The highest BCUT2D eigenvalue weighted by Crippen LogP contribution is 2.36. The van der Waals surface area contributed by atoms with Gasteiger partial charge in [-0.25, -0.2) is 4.98 Å². The molecule has 0 saturated heterocycles.